The lowest BCUT2D eigenvalue weighted by Gasteiger charge is -2.25. The lowest BCUT2D eigenvalue weighted by atomic mass is 9.99. The fourth-order valence-corrected chi connectivity index (χ4v) is 1.18. The lowest BCUT2D eigenvalue weighted by molar-refractivity contribution is -0.150. The van der Waals surface area contributed by atoms with E-state index in [1.807, 2.05) is 20.8 Å². The number of carbonyl (C=O) groups excluding carboxylic acids is 1. The molecule has 0 fully saturated rings. The first-order valence-corrected chi connectivity index (χ1v) is 5.52. The predicted octanol–water partition coefficient (Wildman–Crippen LogP) is 3.46. The number of allylic oxidation sites excluding steroid dienone is 2. The summed E-state index contributed by atoms with van der Waals surface area (Å²) in [5.74, 6) is -0.525. The second-order valence-electron chi connectivity index (χ2n) is 3.94. The monoisotopic (exact) mass is 230 g/mol. The smallest absolute Gasteiger partial charge is 0.321 e. The van der Waals surface area contributed by atoms with Gasteiger partial charge in [-0.25, -0.2) is 0 Å². The molecule has 0 saturated carbocycles. The van der Waals surface area contributed by atoms with Crippen LogP contribution in [0, 0.1) is 0 Å². The van der Waals surface area contributed by atoms with Gasteiger partial charge in [-0.05, 0) is 39.7 Å². The highest BCUT2D eigenvalue weighted by Crippen LogP contribution is 2.20. The molecule has 3 heteroatoms. The highest BCUT2D eigenvalue weighted by Gasteiger charge is 2.23. The molecular weight excluding hydrogens is 212 g/mol. The number of halogens is 1. The number of carbonyl (C=O) groups is 1. The number of alkyl halides is 1. The Balaban J connectivity index is 4.25. The zero-order valence-corrected chi connectivity index (χ0v) is 10.4. The Morgan fingerprint density at radius 2 is 2.13 bits per heavy atom. The first kappa shape index (κ1) is 14.2. The zero-order valence-electron chi connectivity index (χ0n) is 9.68. The molecule has 0 amide bonds. The third-order valence-electron chi connectivity index (χ3n) is 2.08. The van der Waals surface area contributed by atoms with E-state index in [0.717, 1.165) is 12.8 Å². The topological polar surface area (TPSA) is 26.3 Å². The molecular formula is C12H19ClO2. The Labute approximate surface area is 97.0 Å². The molecule has 0 heterocycles. The molecule has 0 aliphatic carbocycles. The van der Waals surface area contributed by atoms with E-state index in [0.29, 0.717) is 0 Å². The summed E-state index contributed by atoms with van der Waals surface area (Å²) in [5.41, 5.74) is 0.642. The maximum atomic E-state index is 11.1. The maximum Gasteiger partial charge on any atom is 0.321 e. The van der Waals surface area contributed by atoms with Crippen molar-refractivity contribution in [3.05, 3.63) is 24.3 Å². The second kappa shape index (κ2) is 6.67. The van der Waals surface area contributed by atoms with Gasteiger partial charge in [0.2, 0.25) is 0 Å². The molecule has 0 aliphatic rings. The Morgan fingerprint density at radius 1 is 1.53 bits per heavy atom. The summed E-state index contributed by atoms with van der Waals surface area (Å²) < 4.78 is 5.20. The highest BCUT2D eigenvalue weighted by molar-refractivity contribution is 6.26. The minimum absolute atomic E-state index is 0.119. The van der Waals surface area contributed by atoms with E-state index >= 15 is 0 Å². The molecule has 0 saturated heterocycles. The van der Waals surface area contributed by atoms with E-state index in [1.54, 1.807) is 6.08 Å². The van der Waals surface area contributed by atoms with Crippen LogP contribution in [-0.4, -0.2) is 17.5 Å². The maximum absolute atomic E-state index is 11.1. The molecule has 86 valence electrons. The van der Waals surface area contributed by atoms with Crippen LogP contribution >= 0.6 is 11.6 Å². The molecule has 1 unspecified atom stereocenters. The molecule has 0 aromatic rings. The minimum Gasteiger partial charge on any atom is -0.454 e. The van der Waals surface area contributed by atoms with Gasteiger partial charge < -0.3 is 4.74 Å². The van der Waals surface area contributed by atoms with Crippen LogP contribution in [0.25, 0.3) is 0 Å². The summed E-state index contributed by atoms with van der Waals surface area (Å²) in [5, 5.41) is 0. The van der Waals surface area contributed by atoms with E-state index in [4.69, 9.17) is 16.3 Å². The van der Waals surface area contributed by atoms with Crippen LogP contribution in [0.1, 0.15) is 33.6 Å². The molecule has 0 bridgehead atoms. The summed E-state index contributed by atoms with van der Waals surface area (Å²) in [6.45, 7) is 9.59. The molecule has 0 aromatic carbocycles. The first-order valence-electron chi connectivity index (χ1n) is 4.98. The number of rotatable bonds is 6. The van der Waals surface area contributed by atoms with E-state index < -0.39 is 11.6 Å². The Bertz CT molecular complexity index is 254. The van der Waals surface area contributed by atoms with E-state index in [1.165, 1.54) is 5.57 Å². The van der Waals surface area contributed by atoms with Gasteiger partial charge in [0.25, 0.3) is 0 Å². The third kappa shape index (κ3) is 6.34. The van der Waals surface area contributed by atoms with Crippen molar-refractivity contribution in [2.24, 2.45) is 0 Å². The summed E-state index contributed by atoms with van der Waals surface area (Å²) >= 11 is 5.38. The Kier molecular flexibility index (Phi) is 6.34. The highest BCUT2D eigenvalue weighted by atomic mass is 35.5. The van der Waals surface area contributed by atoms with Crippen LogP contribution < -0.4 is 0 Å². The summed E-state index contributed by atoms with van der Waals surface area (Å²) in [6, 6.07) is 0. The van der Waals surface area contributed by atoms with Crippen LogP contribution in [0.4, 0.5) is 0 Å². The van der Waals surface area contributed by atoms with Gasteiger partial charge in [0, 0.05) is 0 Å². The average Bonchev–Trinajstić information content (AvgIpc) is 2.17. The van der Waals surface area contributed by atoms with Crippen LogP contribution in [0.2, 0.25) is 0 Å². The van der Waals surface area contributed by atoms with Crippen molar-refractivity contribution in [1.82, 2.24) is 0 Å². The molecule has 15 heavy (non-hydrogen) atoms. The quantitative estimate of drug-likeness (QED) is 0.397. The number of ether oxygens (including phenoxy) is 1. The largest absolute Gasteiger partial charge is 0.454 e. The van der Waals surface area contributed by atoms with Crippen LogP contribution in [0.15, 0.2) is 24.3 Å². The normalized spacial score (nSPS) is 13.9. The van der Waals surface area contributed by atoms with Crippen LogP contribution in [-0.2, 0) is 9.53 Å². The summed E-state index contributed by atoms with van der Waals surface area (Å²) in [7, 11) is 0. The Hall–Kier alpha value is -0.760. The zero-order chi connectivity index (χ0) is 11.9. The number of esters is 1. The van der Waals surface area contributed by atoms with Crippen molar-refractivity contribution in [1.29, 1.82) is 0 Å². The Morgan fingerprint density at radius 3 is 2.53 bits per heavy atom. The van der Waals surface area contributed by atoms with Crippen molar-refractivity contribution in [2.45, 2.75) is 39.2 Å². The lowest BCUT2D eigenvalue weighted by Crippen LogP contribution is -2.29. The predicted molar refractivity (Wildman–Crippen MR) is 64.1 cm³/mol. The van der Waals surface area contributed by atoms with E-state index in [2.05, 4.69) is 12.7 Å². The van der Waals surface area contributed by atoms with Crippen molar-refractivity contribution in [3.63, 3.8) is 0 Å². The van der Waals surface area contributed by atoms with Crippen molar-refractivity contribution < 1.29 is 9.53 Å². The number of hydrogen-bond donors (Lipinski definition) is 0. The summed E-state index contributed by atoms with van der Waals surface area (Å²) in [4.78, 5) is 11.1. The van der Waals surface area contributed by atoms with Crippen molar-refractivity contribution in [2.75, 3.05) is 5.88 Å². The van der Waals surface area contributed by atoms with E-state index in [9.17, 15) is 4.79 Å². The average molecular weight is 231 g/mol. The molecule has 0 rings (SSSR count). The molecule has 2 nitrogen and oxygen atoms in total. The third-order valence-corrected chi connectivity index (χ3v) is 2.30. The SMILES string of the molecule is C=CC(C)(CCC=C(C)C)OC(=O)CCl. The molecule has 0 radical (unpaired) electrons. The van der Waals surface area contributed by atoms with Crippen LogP contribution in [0.5, 0.6) is 0 Å². The van der Waals surface area contributed by atoms with Gasteiger partial charge in [0.05, 0.1) is 0 Å². The van der Waals surface area contributed by atoms with Gasteiger partial charge in [0.1, 0.15) is 11.5 Å². The molecule has 0 aliphatic heterocycles. The summed E-state index contributed by atoms with van der Waals surface area (Å²) in [6.07, 6.45) is 5.34. The first-order chi connectivity index (χ1) is 6.93. The van der Waals surface area contributed by atoms with Gasteiger partial charge in [-0.2, -0.15) is 0 Å². The van der Waals surface area contributed by atoms with Gasteiger partial charge in [-0.1, -0.05) is 18.2 Å². The van der Waals surface area contributed by atoms with Crippen molar-refractivity contribution >= 4 is 17.6 Å². The number of hydrogen-bond acceptors (Lipinski definition) is 2. The molecule has 0 aromatic heterocycles. The standard InChI is InChI=1S/C12H19ClO2/c1-5-12(4,15-11(14)9-13)8-6-7-10(2)3/h5,7H,1,6,8-9H2,2-4H3. The fourth-order valence-electron chi connectivity index (χ4n) is 1.13. The molecule has 0 N–H and O–H groups in total. The van der Waals surface area contributed by atoms with Gasteiger partial charge in [0.15, 0.2) is 0 Å². The molecule has 0 spiro atoms. The minimum atomic E-state index is -0.613. The van der Waals surface area contributed by atoms with Crippen LogP contribution in [0.3, 0.4) is 0 Å². The van der Waals surface area contributed by atoms with Gasteiger partial charge in [-0.3, -0.25) is 4.79 Å². The van der Waals surface area contributed by atoms with Gasteiger partial charge >= 0.3 is 5.97 Å². The van der Waals surface area contributed by atoms with Crippen molar-refractivity contribution in [3.8, 4) is 0 Å². The second-order valence-corrected chi connectivity index (χ2v) is 4.21. The van der Waals surface area contributed by atoms with Gasteiger partial charge in [-0.15, -0.1) is 11.6 Å². The molecule has 1 atom stereocenters. The fraction of sp³-hybridized carbons (Fsp3) is 0.583. The van der Waals surface area contributed by atoms with E-state index in [-0.39, 0.29) is 5.88 Å².